The number of hydrogen-bond donors (Lipinski definition) is 1. The van der Waals surface area contributed by atoms with E-state index in [-0.39, 0.29) is 0 Å². The molecule has 0 radical (unpaired) electrons. The second-order valence-electron chi connectivity index (χ2n) is 3.91. The highest BCUT2D eigenvalue weighted by molar-refractivity contribution is 6.42. The molecule has 0 aliphatic heterocycles. The van der Waals surface area contributed by atoms with Gasteiger partial charge in [-0.1, -0.05) is 29.3 Å². The van der Waals surface area contributed by atoms with Gasteiger partial charge in [0.2, 0.25) is 0 Å². The first kappa shape index (κ1) is 14.0. The quantitative estimate of drug-likeness (QED) is 0.888. The molecule has 0 aliphatic carbocycles. The van der Waals surface area contributed by atoms with Crippen LogP contribution in [0.25, 0.3) is 0 Å². The van der Waals surface area contributed by atoms with Crippen molar-refractivity contribution in [3.05, 3.63) is 52.1 Å². The molecule has 1 aromatic heterocycles. The molecular formula is C14H14Cl2N2O. The summed E-state index contributed by atoms with van der Waals surface area (Å²) in [6.45, 7) is 3.25. The van der Waals surface area contributed by atoms with Crippen molar-refractivity contribution in [3.63, 3.8) is 0 Å². The Morgan fingerprint density at radius 1 is 1.16 bits per heavy atom. The van der Waals surface area contributed by atoms with E-state index in [0.717, 1.165) is 18.1 Å². The van der Waals surface area contributed by atoms with Crippen molar-refractivity contribution >= 4 is 29.0 Å². The van der Waals surface area contributed by atoms with E-state index in [1.165, 1.54) is 0 Å². The number of nitrogens with one attached hydrogen (secondary N) is 1. The van der Waals surface area contributed by atoms with Gasteiger partial charge in [0.05, 0.1) is 15.7 Å². The second kappa shape index (κ2) is 6.64. The topological polar surface area (TPSA) is 34.1 Å². The molecule has 0 fully saturated rings. The van der Waals surface area contributed by atoms with E-state index in [0.29, 0.717) is 22.4 Å². The Hall–Kier alpha value is -1.45. The third kappa shape index (κ3) is 4.01. The Morgan fingerprint density at radius 3 is 2.74 bits per heavy atom. The second-order valence-corrected chi connectivity index (χ2v) is 4.72. The predicted octanol–water partition coefficient (Wildman–Crippen LogP) is 4.40. The molecular weight excluding hydrogens is 283 g/mol. The fraction of sp³-hybridized carbons (Fsp3) is 0.214. The third-order valence-electron chi connectivity index (χ3n) is 2.44. The van der Waals surface area contributed by atoms with Crippen molar-refractivity contribution in [3.8, 4) is 5.75 Å². The zero-order chi connectivity index (χ0) is 13.7. The molecule has 3 nitrogen and oxygen atoms in total. The zero-order valence-corrected chi connectivity index (χ0v) is 12.0. The number of aromatic nitrogens is 1. The Labute approximate surface area is 122 Å². The zero-order valence-electron chi connectivity index (χ0n) is 10.5. The van der Waals surface area contributed by atoms with Crippen LogP contribution in [0, 0.1) is 0 Å². The molecule has 0 atom stereocenters. The lowest BCUT2D eigenvalue weighted by atomic mass is 10.3. The van der Waals surface area contributed by atoms with Gasteiger partial charge in [0.25, 0.3) is 0 Å². The lowest BCUT2D eigenvalue weighted by Crippen LogP contribution is -2.03. The smallest absolute Gasteiger partial charge is 0.130 e. The highest BCUT2D eigenvalue weighted by Crippen LogP contribution is 2.26. The molecule has 0 spiro atoms. The van der Waals surface area contributed by atoms with Gasteiger partial charge in [0.1, 0.15) is 18.2 Å². The summed E-state index contributed by atoms with van der Waals surface area (Å²) in [7, 11) is 0. The van der Waals surface area contributed by atoms with E-state index in [1.807, 2.05) is 25.1 Å². The first-order valence-electron chi connectivity index (χ1n) is 5.96. The number of halogens is 2. The van der Waals surface area contributed by atoms with Crippen molar-refractivity contribution < 1.29 is 4.74 Å². The number of nitrogens with zero attached hydrogens (tertiary/aromatic N) is 1. The van der Waals surface area contributed by atoms with Crippen LogP contribution in [0.2, 0.25) is 10.0 Å². The molecule has 0 saturated carbocycles. The third-order valence-corrected chi connectivity index (χ3v) is 3.18. The van der Waals surface area contributed by atoms with Gasteiger partial charge in [0, 0.05) is 12.6 Å². The van der Waals surface area contributed by atoms with Crippen LogP contribution in [0.15, 0.2) is 36.4 Å². The van der Waals surface area contributed by atoms with Crippen molar-refractivity contribution in [1.29, 1.82) is 0 Å². The predicted molar refractivity (Wildman–Crippen MR) is 79.2 cm³/mol. The summed E-state index contributed by atoms with van der Waals surface area (Å²) in [6, 6.07) is 11.0. The molecule has 2 aromatic rings. The van der Waals surface area contributed by atoms with Crippen LogP contribution in [0.5, 0.6) is 5.75 Å². The van der Waals surface area contributed by atoms with Crippen molar-refractivity contribution in [2.75, 3.05) is 11.9 Å². The SMILES string of the molecule is CCNc1cccc(COc2ccc(Cl)c(Cl)c2)n1. The summed E-state index contributed by atoms with van der Waals surface area (Å²) in [5.74, 6) is 1.52. The van der Waals surface area contributed by atoms with Crippen molar-refractivity contribution in [2.45, 2.75) is 13.5 Å². The first-order chi connectivity index (χ1) is 9.19. The molecule has 1 heterocycles. The molecule has 5 heteroatoms. The van der Waals surface area contributed by atoms with Crippen LogP contribution in [0.4, 0.5) is 5.82 Å². The lowest BCUT2D eigenvalue weighted by molar-refractivity contribution is 0.301. The number of anilines is 1. The van der Waals surface area contributed by atoms with Gasteiger partial charge in [0.15, 0.2) is 0 Å². The minimum atomic E-state index is 0.386. The van der Waals surface area contributed by atoms with Gasteiger partial charge in [-0.05, 0) is 31.2 Å². The molecule has 19 heavy (non-hydrogen) atoms. The van der Waals surface area contributed by atoms with Gasteiger partial charge < -0.3 is 10.1 Å². The maximum atomic E-state index is 5.92. The Kier molecular flexibility index (Phi) is 4.88. The van der Waals surface area contributed by atoms with E-state index in [2.05, 4.69) is 10.3 Å². The van der Waals surface area contributed by atoms with E-state index >= 15 is 0 Å². The van der Waals surface area contributed by atoms with Crippen LogP contribution in [-0.2, 0) is 6.61 Å². The van der Waals surface area contributed by atoms with Crippen LogP contribution < -0.4 is 10.1 Å². The molecule has 1 aromatic carbocycles. The van der Waals surface area contributed by atoms with E-state index < -0.39 is 0 Å². The summed E-state index contributed by atoms with van der Waals surface area (Å²) in [5.41, 5.74) is 0.851. The lowest BCUT2D eigenvalue weighted by Gasteiger charge is -2.08. The largest absolute Gasteiger partial charge is 0.487 e. The van der Waals surface area contributed by atoms with Crippen LogP contribution in [-0.4, -0.2) is 11.5 Å². The van der Waals surface area contributed by atoms with Crippen LogP contribution in [0.3, 0.4) is 0 Å². The average Bonchev–Trinajstić information content (AvgIpc) is 2.41. The maximum absolute atomic E-state index is 5.92. The van der Waals surface area contributed by atoms with Gasteiger partial charge in [-0.3, -0.25) is 0 Å². The van der Waals surface area contributed by atoms with Gasteiger partial charge in [-0.2, -0.15) is 0 Å². The number of pyridine rings is 1. The number of rotatable bonds is 5. The highest BCUT2D eigenvalue weighted by atomic mass is 35.5. The summed E-state index contributed by atoms with van der Waals surface area (Å²) in [6.07, 6.45) is 0. The van der Waals surface area contributed by atoms with Gasteiger partial charge in [-0.15, -0.1) is 0 Å². The molecule has 1 N–H and O–H groups in total. The highest BCUT2D eigenvalue weighted by Gasteiger charge is 2.02. The number of benzene rings is 1. The molecule has 0 bridgehead atoms. The van der Waals surface area contributed by atoms with Crippen molar-refractivity contribution in [1.82, 2.24) is 4.98 Å². The Bertz CT molecular complexity index is 561. The number of hydrogen-bond acceptors (Lipinski definition) is 3. The molecule has 0 saturated heterocycles. The van der Waals surface area contributed by atoms with Crippen LogP contribution in [0.1, 0.15) is 12.6 Å². The molecule has 0 aliphatic rings. The fourth-order valence-electron chi connectivity index (χ4n) is 1.56. The minimum Gasteiger partial charge on any atom is -0.487 e. The molecule has 0 unspecified atom stereocenters. The fourth-order valence-corrected chi connectivity index (χ4v) is 1.85. The molecule has 100 valence electrons. The van der Waals surface area contributed by atoms with Gasteiger partial charge in [-0.25, -0.2) is 4.98 Å². The summed E-state index contributed by atoms with van der Waals surface area (Å²) >= 11 is 11.8. The maximum Gasteiger partial charge on any atom is 0.130 e. The number of ether oxygens (including phenoxy) is 1. The van der Waals surface area contributed by atoms with Gasteiger partial charge >= 0.3 is 0 Å². The van der Waals surface area contributed by atoms with Crippen LogP contribution >= 0.6 is 23.2 Å². The normalized spacial score (nSPS) is 10.3. The van der Waals surface area contributed by atoms with E-state index in [1.54, 1.807) is 18.2 Å². The van der Waals surface area contributed by atoms with E-state index in [4.69, 9.17) is 27.9 Å². The van der Waals surface area contributed by atoms with Crippen molar-refractivity contribution in [2.24, 2.45) is 0 Å². The average molecular weight is 297 g/mol. The first-order valence-corrected chi connectivity index (χ1v) is 6.72. The summed E-state index contributed by atoms with van der Waals surface area (Å²) < 4.78 is 5.63. The standard InChI is InChI=1S/C14H14Cl2N2O/c1-2-17-14-5-3-4-10(18-14)9-19-11-6-7-12(15)13(16)8-11/h3-8H,2,9H2,1H3,(H,17,18). The molecule has 2 rings (SSSR count). The Balaban J connectivity index is 2.01. The van der Waals surface area contributed by atoms with E-state index in [9.17, 15) is 0 Å². The summed E-state index contributed by atoms with van der Waals surface area (Å²) in [5, 5.41) is 4.15. The molecule has 0 amide bonds. The Morgan fingerprint density at radius 2 is 2.00 bits per heavy atom. The minimum absolute atomic E-state index is 0.386. The monoisotopic (exact) mass is 296 g/mol. The summed E-state index contributed by atoms with van der Waals surface area (Å²) in [4.78, 5) is 4.42.